The molecule has 7 atom stereocenters. The molecule has 0 radical (unpaired) electrons. The first-order valence-electron chi connectivity index (χ1n) is 9.22. The van der Waals surface area contributed by atoms with E-state index in [9.17, 15) is 19.8 Å². The molecule has 1 spiro atoms. The predicted octanol–water partition coefficient (Wildman–Crippen LogP) is 2.28. The second-order valence-corrected chi connectivity index (χ2v) is 9.42. The second kappa shape index (κ2) is 4.59. The zero-order valence-electron chi connectivity index (χ0n) is 14.8. The average Bonchev–Trinajstić information content (AvgIpc) is 2.64. The maximum Gasteiger partial charge on any atom is 0.170 e. The fourth-order valence-electron chi connectivity index (χ4n) is 7.14. The summed E-state index contributed by atoms with van der Waals surface area (Å²) < 4.78 is 0. The first kappa shape index (κ1) is 16.5. The summed E-state index contributed by atoms with van der Waals surface area (Å²) in [5.74, 6) is -0.109. The van der Waals surface area contributed by atoms with Crippen LogP contribution < -0.4 is 0 Å². The Kier molecular flexibility index (Phi) is 3.15. The Hall–Kier alpha value is -1.00. The van der Waals surface area contributed by atoms with Crippen LogP contribution in [0.2, 0.25) is 0 Å². The van der Waals surface area contributed by atoms with E-state index in [-0.39, 0.29) is 34.7 Å². The van der Waals surface area contributed by atoms with Crippen molar-refractivity contribution in [1.29, 1.82) is 0 Å². The van der Waals surface area contributed by atoms with Crippen LogP contribution in [-0.4, -0.2) is 34.0 Å². The lowest BCUT2D eigenvalue weighted by atomic mass is 9.39. The number of fused-ring (bicyclic) bond motifs is 3. The van der Waals surface area contributed by atoms with Crippen molar-refractivity contribution in [1.82, 2.24) is 0 Å². The smallest absolute Gasteiger partial charge is 0.170 e. The van der Waals surface area contributed by atoms with Crippen LogP contribution in [0, 0.1) is 34.0 Å². The lowest BCUT2D eigenvalue weighted by Crippen LogP contribution is -2.67. The Morgan fingerprint density at radius 2 is 1.75 bits per heavy atom. The molecule has 0 saturated heterocycles. The summed E-state index contributed by atoms with van der Waals surface area (Å²) in [5, 5.41) is 22.1. The lowest BCUT2D eigenvalue weighted by molar-refractivity contribution is -0.222. The number of Topliss-reactive ketones (excluding diaryl/α,β-unsaturated/α-hetero) is 2. The van der Waals surface area contributed by atoms with Crippen molar-refractivity contribution >= 4 is 11.6 Å². The summed E-state index contributed by atoms with van der Waals surface area (Å²) in [6, 6.07) is 0. The minimum Gasteiger partial charge on any atom is -0.392 e. The molecule has 0 aromatic heterocycles. The maximum atomic E-state index is 13.1. The molecule has 0 heterocycles. The fourth-order valence-corrected chi connectivity index (χ4v) is 7.14. The van der Waals surface area contributed by atoms with E-state index < -0.39 is 23.0 Å². The van der Waals surface area contributed by atoms with Gasteiger partial charge in [-0.15, -0.1) is 0 Å². The van der Waals surface area contributed by atoms with Crippen LogP contribution in [-0.2, 0) is 9.59 Å². The normalized spacial score (nSPS) is 52.9. The van der Waals surface area contributed by atoms with E-state index in [0.717, 1.165) is 19.3 Å². The Bertz CT molecular complexity index is 650. The highest BCUT2D eigenvalue weighted by atomic mass is 16.3. The van der Waals surface area contributed by atoms with Gasteiger partial charge in [-0.05, 0) is 48.5 Å². The van der Waals surface area contributed by atoms with Crippen molar-refractivity contribution in [2.24, 2.45) is 34.0 Å². The van der Waals surface area contributed by atoms with Gasteiger partial charge in [0, 0.05) is 17.8 Å². The first-order valence-corrected chi connectivity index (χ1v) is 9.22. The Morgan fingerprint density at radius 1 is 1.08 bits per heavy atom. The highest BCUT2D eigenvalue weighted by molar-refractivity contribution is 6.04. The highest BCUT2D eigenvalue weighted by Gasteiger charge is 2.74. The van der Waals surface area contributed by atoms with Crippen LogP contribution in [0.1, 0.15) is 52.9 Å². The zero-order chi connectivity index (χ0) is 17.7. The van der Waals surface area contributed by atoms with Gasteiger partial charge < -0.3 is 10.2 Å². The van der Waals surface area contributed by atoms with Crippen molar-refractivity contribution in [3.05, 3.63) is 12.2 Å². The van der Waals surface area contributed by atoms with Gasteiger partial charge in [-0.3, -0.25) is 9.59 Å². The number of aliphatic hydroxyl groups is 2. The number of hydrogen-bond donors (Lipinski definition) is 2. The van der Waals surface area contributed by atoms with E-state index in [1.165, 1.54) is 0 Å². The molecule has 4 heteroatoms. The second-order valence-electron chi connectivity index (χ2n) is 9.42. The highest BCUT2D eigenvalue weighted by Crippen LogP contribution is 2.70. The molecule has 0 aromatic rings. The van der Waals surface area contributed by atoms with Gasteiger partial charge in [0.1, 0.15) is 5.78 Å². The largest absolute Gasteiger partial charge is 0.392 e. The number of ketones is 2. The van der Waals surface area contributed by atoms with Gasteiger partial charge in [0.05, 0.1) is 17.6 Å². The van der Waals surface area contributed by atoms with E-state index in [1.807, 2.05) is 13.8 Å². The number of aliphatic hydroxyl groups excluding tert-OH is 2. The molecule has 4 aliphatic carbocycles. The van der Waals surface area contributed by atoms with E-state index in [2.05, 4.69) is 13.5 Å². The van der Waals surface area contributed by atoms with Crippen LogP contribution in [0.5, 0.6) is 0 Å². The lowest BCUT2D eigenvalue weighted by Gasteiger charge is -2.64. The Labute approximate surface area is 143 Å². The molecular weight excluding hydrogens is 304 g/mol. The van der Waals surface area contributed by atoms with Crippen molar-refractivity contribution in [2.45, 2.75) is 65.1 Å². The van der Waals surface area contributed by atoms with Gasteiger partial charge in [0.2, 0.25) is 0 Å². The molecule has 0 unspecified atom stereocenters. The number of carbonyl (C=O) groups is 2. The third kappa shape index (κ3) is 1.53. The van der Waals surface area contributed by atoms with Gasteiger partial charge in [-0.25, -0.2) is 0 Å². The van der Waals surface area contributed by atoms with Crippen molar-refractivity contribution in [3.8, 4) is 0 Å². The average molecular weight is 332 g/mol. The standard InChI is InChI=1S/C20H28O4/c1-10-11-5-6-12-19(4)8-7-14(21)18(2,3)13(19)9-15(22)20(12,16(10)23)17(11)24/h11-13,15,17,22,24H,1,5-9H2,2-4H3/t11-,12+,13-,15-,17+,19+,20+/m1/s1. The molecule has 4 fully saturated rings. The van der Waals surface area contributed by atoms with Crippen molar-refractivity contribution in [2.75, 3.05) is 0 Å². The van der Waals surface area contributed by atoms with Gasteiger partial charge in [0.25, 0.3) is 0 Å². The monoisotopic (exact) mass is 332 g/mol. The van der Waals surface area contributed by atoms with Crippen LogP contribution >= 0.6 is 0 Å². The van der Waals surface area contributed by atoms with E-state index in [1.54, 1.807) is 0 Å². The molecule has 0 amide bonds. The molecule has 132 valence electrons. The summed E-state index contributed by atoms with van der Waals surface area (Å²) in [4.78, 5) is 25.6. The molecule has 4 saturated carbocycles. The molecule has 2 bridgehead atoms. The van der Waals surface area contributed by atoms with E-state index >= 15 is 0 Å². The maximum absolute atomic E-state index is 13.1. The SMILES string of the molecule is C=C1C(=O)[C@@]23[C@H](O)C[C@@H]4C(C)(C)C(=O)CC[C@@]4(C)[C@@H]2CC[C@H]1[C@@H]3O. The summed E-state index contributed by atoms with van der Waals surface area (Å²) >= 11 is 0. The van der Waals surface area contributed by atoms with Crippen molar-refractivity contribution in [3.63, 3.8) is 0 Å². The molecule has 0 aliphatic heterocycles. The van der Waals surface area contributed by atoms with Gasteiger partial charge in [-0.1, -0.05) is 27.4 Å². The number of carbonyl (C=O) groups excluding carboxylic acids is 2. The molecule has 24 heavy (non-hydrogen) atoms. The number of rotatable bonds is 0. The van der Waals surface area contributed by atoms with Gasteiger partial charge in [-0.2, -0.15) is 0 Å². The quantitative estimate of drug-likeness (QED) is 0.667. The summed E-state index contributed by atoms with van der Waals surface area (Å²) in [7, 11) is 0. The van der Waals surface area contributed by atoms with Crippen LogP contribution in [0.15, 0.2) is 12.2 Å². The van der Waals surface area contributed by atoms with Crippen LogP contribution in [0.25, 0.3) is 0 Å². The van der Waals surface area contributed by atoms with E-state index in [0.29, 0.717) is 18.4 Å². The minimum absolute atomic E-state index is 0.0438. The molecule has 4 rings (SSSR count). The zero-order valence-corrected chi connectivity index (χ0v) is 14.8. The Balaban J connectivity index is 1.88. The predicted molar refractivity (Wildman–Crippen MR) is 89.0 cm³/mol. The third-order valence-electron chi connectivity index (χ3n) is 8.43. The first-order chi connectivity index (χ1) is 11.1. The topological polar surface area (TPSA) is 74.6 Å². The summed E-state index contributed by atoms with van der Waals surface area (Å²) in [6.45, 7) is 10.1. The summed E-state index contributed by atoms with van der Waals surface area (Å²) in [5.41, 5.74) is -1.29. The minimum atomic E-state index is -1.10. The van der Waals surface area contributed by atoms with Gasteiger partial charge in [0.15, 0.2) is 5.78 Å². The third-order valence-corrected chi connectivity index (χ3v) is 8.43. The van der Waals surface area contributed by atoms with Gasteiger partial charge >= 0.3 is 0 Å². The van der Waals surface area contributed by atoms with Crippen LogP contribution in [0.3, 0.4) is 0 Å². The molecule has 0 aromatic carbocycles. The molecule has 4 aliphatic rings. The number of hydrogen-bond acceptors (Lipinski definition) is 4. The molecule has 2 N–H and O–H groups in total. The van der Waals surface area contributed by atoms with Crippen LogP contribution in [0.4, 0.5) is 0 Å². The van der Waals surface area contributed by atoms with Crippen molar-refractivity contribution < 1.29 is 19.8 Å². The van der Waals surface area contributed by atoms with E-state index in [4.69, 9.17) is 0 Å². The molecule has 4 nitrogen and oxygen atoms in total. The summed E-state index contributed by atoms with van der Waals surface area (Å²) in [6.07, 6.45) is 1.53. The molecular formula is C20H28O4. The Morgan fingerprint density at radius 3 is 2.42 bits per heavy atom. The fraction of sp³-hybridized carbons (Fsp3) is 0.800.